The van der Waals surface area contributed by atoms with Crippen LogP contribution < -0.4 is 10.6 Å². The second-order valence-corrected chi connectivity index (χ2v) is 4.75. The van der Waals surface area contributed by atoms with E-state index in [4.69, 9.17) is 11.6 Å². The maximum absolute atomic E-state index is 13.6. The number of benzene rings is 2. The van der Waals surface area contributed by atoms with Crippen LogP contribution in [-0.4, -0.2) is 13.0 Å². The van der Waals surface area contributed by atoms with Gasteiger partial charge in [-0.05, 0) is 29.8 Å². The van der Waals surface area contributed by atoms with Crippen molar-refractivity contribution >= 4 is 23.2 Å². The van der Waals surface area contributed by atoms with Gasteiger partial charge >= 0.3 is 0 Å². The molecular weight excluding hydrogens is 298 g/mol. The zero-order valence-electron chi connectivity index (χ0n) is 11.2. The molecule has 2 rings (SSSR count). The van der Waals surface area contributed by atoms with Gasteiger partial charge < -0.3 is 10.6 Å². The number of halogens is 3. The summed E-state index contributed by atoms with van der Waals surface area (Å²) in [5.74, 6) is -1.45. The Morgan fingerprint density at radius 3 is 2.62 bits per heavy atom. The first-order valence-electron chi connectivity index (χ1n) is 6.21. The number of carbonyl (C=O) groups is 1. The molecule has 0 atom stereocenters. The monoisotopic (exact) mass is 310 g/mol. The number of para-hydroxylation sites is 1. The first-order chi connectivity index (χ1) is 10.0. The van der Waals surface area contributed by atoms with E-state index in [2.05, 4.69) is 10.6 Å². The summed E-state index contributed by atoms with van der Waals surface area (Å²) in [7, 11) is 1.54. The van der Waals surface area contributed by atoms with E-state index in [0.717, 1.165) is 0 Å². The van der Waals surface area contributed by atoms with Crippen LogP contribution in [0.5, 0.6) is 0 Å². The van der Waals surface area contributed by atoms with Crippen molar-refractivity contribution in [2.45, 2.75) is 6.54 Å². The summed E-state index contributed by atoms with van der Waals surface area (Å²) in [4.78, 5) is 12.1. The minimum absolute atomic E-state index is 0.0107. The smallest absolute Gasteiger partial charge is 0.253 e. The Kier molecular flexibility index (Phi) is 4.75. The quantitative estimate of drug-likeness (QED) is 0.906. The van der Waals surface area contributed by atoms with Crippen molar-refractivity contribution in [2.75, 3.05) is 12.4 Å². The van der Waals surface area contributed by atoms with Gasteiger partial charge in [0.25, 0.3) is 5.91 Å². The molecule has 0 unspecified atom stereocenters. The molecule has 2 N–H and O–H groups in total. The van der Waals surface area contributed by atoms with Gasteiger partial charge in [-0.2, -0.15) is 0 Å². The lowest BCUT2D eigenvalue weighted by molar-refractivity contribution is 0.0951. The lowest BCUT2D eigenvalue weighted by Gasteiger charge is -2.11. The van der Waals surface area contributed by atoms with E-state index in [1.807, 2.05) is 0 Å². The highest BCUT2D eigenvalue weighted by Crippen LogP contribution is 2.19. The zero-order valence-corrected chi connectivity index (χ0v) is 12.0. The number of hydrogen-bond acceptors (Lipinski definition) is 2. The van der Waals surface area contributed by atoms with E-state index in [-0.39, 0.29) is 22.8 Å². The van der Waals surface area contributed by atoms with Crippen LogP contribution in [0.2, 0.25) is 5.02 Å². The maximum atomic E-state index is 13.6. The Morgan fingerprint density at radius 1 is 1.19 bits per heavy atom. The molecule has 0 fully saturated rings. The normalized spacial score (nSPS) is 10.3. The molecule has 6 heteroatoms. The fourth-order valence-electron chi connectivity index (χ4n) is 1.89. The van der Waals surface area contributed by atoms with Gasteiger partial charge in [0, 0.05) is 13.6 Å². The lowest BCUT2D eigenvalue weighted by atomic mass is 10.1. The minimum atomic E-state index is -0.519. The molecule has 0 saturated carbocycles. The van der Waals surface area contributed by atoms with Crippen LogP contribution in [-0.2, 0) is 6.54 Å². The summed E-state index contributed by atoms with van der Waals surface area (Å²) in [5.41, 5.74) is 0.981. The van der Waals surface area contributed by atoms with E-state index in [1.165, 1.54) is 43.4 Å². The second kappa shape index (κ2) is 6.54. The largest absolute Gasteiger partial charge is 0.385 e. The van der Waals surface area contributed by atoms with Gasteiger partial charge in [-0.1, -0.05) is 23.7 Å². The van der Waals surface area contributed by atoms with Crippen molar-refractivity contribution in [1.82, 2.24) is 5.32 Å². The molecule has 2 aromatic rings. The summed E-state index contributed by atoms with van der Waals surface area (Å²) in [6.45, 7) is 0.165. The molecule has 0 spiro atoms. The number of rotatable bonds is 4. The molecule has 0 bridgehead atoms. The zero-order chi connectivity index (χ0) is 15.4. The van der Waals surface area contributed by atoms with Crippen LogP contribution in [0.15, 0.2) is 36.4 Å². The number of hydrogen-bond donors (Lipinski definition) is 2. The molecule has 0 heterocycles. The van der Waals surface area contributed by atoms with Crippen molar-refractivity contribution < 1.29 is 13.6 Å². The third-order valence-electron chi connectivity index (χ3n) is 2.95. The standard InChI is InChI=1S/C15H13ClF2N2O/c1-19-14-10(3-2-4-13(14)18)15(21)20-8-9-5-6-12(17)11(16)7-9/h2-7,19H,8H2,1H3,(H,20,21). The molecule has 0 aliphatic rings. The molecule has 0 aromatic heterocycles. The van der Waals surface area contributed by atoms with Crippen LogP contribution >= 0.6 is 11.6 Å². The third kappa shape index (κ3) is 3.49. The Morgan fingerprint density at radius 2 is 1.95 bits per heavy atom. The van der Waals surface area contributed by atoms with Gasteiger partial charge in [0.15, 0.2) is 0 Å². The van der Waals surface area contributed by atoms with E-state index in [9.17, 15) is 13.6 Å². The minimum Gasteiger partial charge on any atom is -0.385 e. The molecule has 0 aliphatic heterocycles. The summed E-state index contributed by atoms with van der Waals surface area (Å²) >= 11 is 5.67. The average molecular weight is 311 g/mol. The Bertz CT molecular complexity index is 677. The molecule has 1 amide bonds. The molecular formula is C15H13ClF2N2O. The van der Waals surface area contributed by atoms with Gasteiger partial charge in [0.2, 0.25) is 0 Å². The highest BCUT2D eigenvalue weighted by atomic mass is 35.5. The topological polar surface area (TPSA) is 41.1 Å². The summed E-state index contributed by atoms with van der Waals surface area (Å²) in [6, 6.07) is 8.42. The number of nitrogens with one attached hydrogen (secondary N) is 2. The number of amides is 1. The summed E-state index contributed by atoms with van der Waals surface area (Å²) in [6.07, 6.45) is 0. The van der Waals surface area contributed by atoms with E-state index >= 15 is 0 Å². The molecule has 0 aliphatic carbocycles. The molecule has 0 saturated heterocycles. The van der Waals surface area contributed by atoms with Gasteiger partial charge in [0.1, 0.15) is 11.6 Å². The Labute approximate surface area is 125 Å². The van der Waals surface area contributed by atoms with Crippen molar-refractivity contribution in [2.24, 2.45) is 0 Å². The third-order valence-corrected chi connectivity index (χ3v) is 3.23. The molecule has 2 aromatic carbocycles. The van der Waals surface area contributed by atoms with Crippen molar-refractivity contribution in [3.8, 4) is 0 Å². The maximum Gasteiger partial charge on any atom is 0.253 e. The van der Waals surface area contributed by atoms with E-state index in [1.54, 1.807) is 0 Å². The fourth-order valence-corrected chi connectivity index (χ4v) is 2.10. The lowest BCUT2D eigenvalue weighted by Crippen LogP contribution is -2.24. The van der Waals surface area contributed by atoms with Gasteiger partial charge in [-0.3, -0.25) is 4.79 Å². The van der Waals surface area contributed by atoms with Crippen LogP contribution in [0.25, 0.3) is 0 Å². The average Bonchev–Trinajstić information content (AvgIpc) is 2.48. The Hall–Kier alpha value is -2.14. The van der Waals surface area contributed by atoms with Crippen molar-refractivity contribution in [3.05, 3.63) is 64.2 Å². The number of anilines is 1. The SMILES string of the molecule is CNc1c(F)cccc1C(=O)NCc1ccc(F)c(Cl)c1. The van der Waals surface area contributed by atoms with E-state index < -0.39 is 17.5 Å². The van der Waals surface area contributed by atoms with Crippen LogP contribution in [0.1, 0.15) is 15.9 Å². The molecule has 110 valence electrons. The molecule has 21 heavy (non-hydrogen) atoms. The molecule has 3 nitrogen and oxygen atoms in total. The molecule has 0 radical (unpaired) electrons. The Balaban J connectivity index is 2.12. The van der Waals surface area contributed by atoms with Crippen LogP contribution in [0.3, 0.4) is 0 Å². The van der Waals surface area contributed by atoms with Crippen molar-refractivity contribution in [1.29, 1.82) is 0 Å². The first-order valence-corrected chi connectivity index (χ1v) is 6.59. The van der Waals surface area contributed by atoms with Crippen molar-refractivity contribution in [3.63, 3.8) is 0 Å². The number of carbonyl (C=O) groups excluding carboxylic acids is 1. The predicted molar refractivity (Wildman–Crippen MR) is 78.5 cm³/mol. The van der Waals surface area contributed by atoms with Gasteiger partial charge in [-0.15, -0.1) is 0 Å². The van der Waals surface area contributed by atoms with Crippen LogP contribution in [0, 0.1) is 11.6 Å². The highest BCUT2D eigenvalue weighted by Gasteiger charge is 2.13. The predicted octanol–water partition coefficient (Wildman–Crippen LogP) is 3.59. The summed E-state index contributed by atoms with van der Waals surface area (Å²) in [5, 5.41) is 5.28. The van der Waals surface area contributed by atoms with Gasteiger partial charge in [0.05, 0.1) is 16.3 Å². The second-order valence-electron chi connectivity index (χ2n) is 4.34. The fraction of sp³-hybridized carbons (Fsp3) is 0.133. The summed E-state index contributed by atoms with van der Waals surface area (Å²) < 4.78 is 26.6. The highest BCUT2D eigenvalue weighted by molar-refractivity contribution is 6.30. The van der Waals surface area contributed by atoms with Crippen LogP contribution in [0.4, 0.5) is 14.5 Å². The van der Waals surface area contributed by atoms with E-state index in [0.29, 0.717) is 5.56 Å². The first kappa shape index (κ1) is 15.3. The van der Waals surface area contributed by atoms with Gasteiger partial charge in [-0.25, -0.2) is 8.78 Å².